The van der Waals surface area contributed by atoms with Crippen molar-refractivity contribution in [1.29, 1.82) is 0 Å². The second kappa shape index (κ2) is 5.76. The standard InChI is InChI=1S/C18H18FN5O2/c1-3-14(25)12-10-21-24-7-4-15(22-16(12)24)23(2)18(5-6-18)13-8-11(19)9-20-17(13)26/h4,7-10H,3,5-6H2,1-2H3,(H,20,26). The zero-order chi connectivity index (χ0) is 18.5. The molecular weight excluding hydrogens is 337 g/mol. The molecule has 4 rings (SSSR count). The van der Waals surface area contributed by atoms with Crippen LogP contribution in [0.2, 0.25) is 0 Å². The summed E-state index contributed by atoms with van der Waals surface area (Å²) in [6.45, 7) is 1.79. The Morgan fingerprint density at radius 1 is 1.42 bits per heavy atom. The van der Waals surface area contributed by atoms with E-state index in [1.807, 2.05) is 11.9 Å². The Kier molecular flexibility index (Phi) is 3.64. The molecule has 7 nitrogen and oxygen atoms in total. The first-order valence-electron chi connectivity index (χ1n) is 8.42. The fourth-order valence-corrected chi connectivity index (χ4v) is 3.33. The number of aromatic nitrogens is 4. The summed E-state index contributed by atoms with van der Waals surface area (Å²) in [5, 5.41) is 14.3. The van der Waals surface area contributed by atoms with Crippen molar-refractivity contribution in [3.63, 3.8) is 0 Å². The summed E-state index contributed by atoms with van der Waals surface area (Å²) in [7, 11) is 1.84. The van der Waals surface area contributed by atoms with E-state index >= 15 is 0 Å². The molecule has 0 spiro atoms. The van der Waals surface area contributed by atoms with Gasteiger partial charge in [0.2, 0.25) is 5.88 Å². The van der Waals surface area contributed by atoms with Crippen LogP contribution in [0.1, 0.15) is 42.1 Å². The predicted molar refractivity (Wildman–Crippen MR) is 92.8 cm³/mol. The molecule has 0 aliphatic heterocycles. The number of rotatable bonds is 5. The van der Waals surface area contributed by atoms with Crippen LogP contribution in [0.4, 0.5) is 10.2 Å². The Balaban J connectivity index is 1.77. The van der Waals surface area contributed by atoms with Crippen molar-refractivity contribution in [3.8, 4) is 5.88 Å². The molecule has 0 bridgehead atoms. The summed E-state index contributed by atoms with van der Waals surface area (Å²) in [5.74, 6) is -0.0831. The molecule has 0 aromatic carbocycles. The van der Waals surface area contributed by atoms with Gasteiger partial charge in [-0.1, -0.05) is 6.92 Å². The molecule has 0 unspecified atom stereocenters. The molecule has 3 aromatic heterocycles. The fraction of sp³-hybridized carbons (Fsp3) is 0.333. The van der Waals surface area contributed by atoms with Crippen LogP contribution in [0.5, 0.6) is 5.88 Å². The molecule has 1 fully saturated rings. The molecule has 0 saturated heterocycles. The molecule has 1 saturated carbocycles. The van der Waals surface area contributed by atoms with Gasteiger partial charge in [0.1, 0.15) is 11.6 Å². The highest BCUT2D eigenvalue weighted by atomic mass is 19.1. The zero-order valence-corrected chi connectivity index (χ0v) is 14.5. The second-order valence-electron chi connectivity index (χ2n) is 6.50. The summed E-state index contributed by atoms with van der Waals surface area (Å²) in [6, 6.07) is 3.10. The lowest BCUT2D eigenvalue weighted by atomic mass is 10.0. The highest BCUT2D eigenvalue weighted by Crippen LogP contribution is 2.53. The average molecular weight is 355 g/mol. The van der Waals surface area contributed by atoms with Gasteiger partial charge in [0, 0.05) is 25.2 Å². The van der Waals surface area contributed by atoms with Crippen molar-refractivity contribution in [2.45, 2.75) is 31.7 Å². The van der Waals surface area contributed by atoms with E-state index < -0.39 is 11.4 Å². The number of fused-ring (bicyclic) bond motifs is 1. The lowest BCUT2D eigenvalue weighted by Crippen LogP contribution is -2.32. The van der Waals surface area contributed by atoms with E-state index in [9.17, 15) is 14.3 Å². The molecular formula is C18H18FN5O2. The molecule has 3 heterocycles. The number of aromatic hydroxyl groups is 1. The maximum atomic E-state index is 13.7. The summed E-state index contributed by atoms with van der Waals surface area (Å²) in [6.07, 6.45) is 6.11. The summed E-state index contributed by atoms with van der Waals surface area (Å²) < 4.78 is 15.2. The monoisotopic (exact) mass is 355 g/mol. The molecule has 0 amide bonds. The van der Waals surface area contributed by atoms with Gasteiger partial charge in [-0.3, -0.25) is 4.79 Å². The molecule has 3 aromatic rings. The summed E-state index contributed by atoms with van der Waals surface area (Å²) >= 11 is 0. The number of carbonyl (C=O) groups is 1. The third kappa shape index (κ3) is 2.40. The first kappa shape index (κ1) is 16.4. The van der Waals surface area contributed by atoms with E-state index in [1.165, 1.54) is 12.3 Å². The third-order valence-electron chi connectivity index (χ3n) is 5.02. The van der Waals surface area contributed by atoms with Gasteiger partial charge in [-0.25, -0.2) is 18.9 Å². The van der Waals surface area contributed by atoms with E-state index in [2.05, 4.69) is 15.1 Å². The number of nitrogens with zero attached hydrogens (tertiary/aromatic N) is 5. The Bertz CT molecular complexity index is 1010. The predicted octanol–water partition coefficient (Wildman–Crippen LogP) is 2.69. The first-order chi connectivity index (χ1) is 12.5. The Labute approximate surface area is 149 Å². The van der Waals surface area contributed by atoms with E-state index in [1.54, 1.807) is 23.7 Å². The molecule has 26 heavy (non-hydrogen) atoms. The van der Waals surface area contributed by atoms with Crippen molar-refractivity contribution in [2.75, 3.05) is 11.9 Å². The Hall–Kier alpha value is -3.03. The van der Waals surface area contributed by atoms with Crippen molar-refractivity contribution < 1.29 is 14.3 Å². The lowest BCUT2D eigenvalue weighted by molar-refractivity contribution is 0.0989. The highest BCUT2D eigenvalue weighted by Gasteiger charge is 2.51. The van der Waals surface area contributed by atoms with Crippen LogP contribution in [0.15, 0.2) is 30.7 Å². The second-order valence-corrected chi connectivity index (χ2v) is 6.50. The van der Waals surface area contributed by atoms with Crippen LogP contribution >= 0.6 is 0 Å². The van der Waals surface area contributed by atoms with E-state index in [0.717, 1.165) is 19.0 Å². The number of Topliss-reactive ketones (excluding diaryl/α,β-unsaturated/α-hetero) is 1. The Morgan fingerprint density at radius 2 is 2.19 bits per heavy atom. The maximum Gasteiger partial charge on any atom is 0.216 e. The van der Waals surface area contributed by atoms with E-state index in [-0.39, 0.29) is 11.7 Å². The third-order valence-corrected chi connectivity index (χ3v) is 5.02. The van der Waals surface area contributed by atoms with Crippen LogP contribution in [-0.2, 0) is 5.54 Å². The summed E-state index contributed by atoms with van der Waals surface area (Å²) in [5.41, 5.74) is 0.848. The van der Waals surface area contributed by atoms with E-state index in [0.29, 0.717) is 29.0 Å². The SMILES string of the molecule is CCC(=O)c1cnn2ccc(N(C)C3(c4cc(F)cnc4O)CC3)nc12. The van der Waals surface area contributed by atoms with Crippen LogP contribution in [-0.4, -0.2) is 37.5 Å². The average Bonchev–Trinajstić information content (AvgIpc) is 3.35. The van der Waals surface area contributed by atoms with Crippen LogP contribution in [0.3, 0.4) is 0 Å². The number of hydrogen-bond acceptors (Lipinski definition) is 6. The van der Waals surface area contributed by atoms with Gasteiger partial charge in [0.15, 0.2) is 11.4 Å². The summed E-state index contributed by atoms with van der Waals surface area (Å²) in [4.78, 5) is 22.3. The van der Waals surface area contributed by atoms with Crippen molar-refractivity contribution in [3.05, 3.63) is 47.7 Å². The number of halogens is 1. The minimum Gasteiger partial charge on any atom is -0.493 e. The molecule has 1 N–H and O–H groups in total. The zero-order valence-electron chi connectivity index (χ0n) is 14.5. The minimum atomic E-state index is -0.556. The topological polar surface area (TPSA) is 83.6 Å². The van der Waals surface area contributed by atoms with Gasteiger partial charge < -0.3 is 10.0 Å². The van der Waals surface area contributed by atoms with Gasteiger partial charge in [-0.15, -0.1) is 0 Å². The van der Waals surface area contributed by atoms with Crippen LogP contribution < -0.4 is 4.90 Å². The van der Waals surface area contributed by atoms with Gasteiger partial charge in [0.05, 0.1) is 23.5 Å². The van der Waals surface area contributed by atoms with Gasteiger partial charge in [-0.05, 0) is 25.0 Å². The Morgan fingerprint density at radius 3 is 2.88 bits per heavy atom. The fourth-order valence-electron chi connectivity index (χ4n) is 3.33. The molecule has 8 heteroatoms. The van der Waals surface area contributed by atoms with Crippen LogP contribution in [0, 0.1) is 5.82 Å². The van der Waals surface area contributed by atoms with Crippen molar-refractivity contribution >= 4 is 17.2 Å². The minimum absolute atomic E-state index is 0.0274. The molecule has 0 atom stereocenters. The van der Waals surface area contributed by atoms with Gasteiger partial charge in [-0.2, -0.15) is 5.10 Å². The quantitative estimate of drug-likeness (QED) is 0.709. The lowest BCUT2D eigenvalue weighted by Gasteiger charge is -2.29. The van der Waals surface area contributed by atoms with E-state index in [4.69, 9.17) is 0 Å². The smallest absolute Gasteiger partial charge is 0.216 e. The normalized spacial score (nSPS) is 15.2. The number of carbonyl (C=O) groups excluding carboxylic acids is 1. The largest absolute Gasteiger partial charge is 0.493 e. The number of anilines is 1. The van der Waals surface area contributed by atoms with Gasteiger partial charge >= 0.3 is 0 Å². The van der Waals surface area contributed by atoms with Gasteiger partial charge in [0.25, 0.3) is 0 Å². The van der Waals surface area contributed by atoms with Crippen molar-refractivity contribution in [1.82, 2.24) is 19.6 Å². The molecule has 134 valence electrons. The maximum absolute atomic E-state index is 13.7. The molecule has 1 aliphatic carbocycles. The first-order valence-corrected chi connectivity index (χ1v) is 8.42. The van der Waals surface area contributed by atoms with Crippen molar-refractivity contribution in [2.24, 2.45) is 0 Å². The number of pyridine rings is 1. The number of ketones is 1. The molecule has 1 aliphatic rings. The molecule has 0 radical (unpaired) electrons. The van der Waals surface area contributed by atoms with Crippen LogP contribution in [0.25, 0.3) is 5.65 Å². The number of hydrogen-bond donors (Lipinski definition) is 1. The highest BCUT2D eigenvalue weighted by molar-refractivity contribution is 6.01.